The van der Waals surface area contributed by atoms with Crippen LogP contribution in [0.4, 0.5) is 5.82 Å². The van der Waals surface area contributed by atoms with Gasteiger partial charge >= 0.3 is 0 Å². The van der Waals surface area contributed by atoms with Gasteiger partial charge in [-0.2, -0.15) is 5.10 Å². The summed E-state index contributed by atoms with van der Waals surface area (Å²) in [4.78, 5) is 26.6. The van der Waals surface area contributed by atoms with Crippen LogP contribution in [0.25, 0.3) is 5.69 Å². The maximum atomic E-state index is 12.8. The van der Waals surface area contributed by atoms with Gasteiger partial charge < -0.3 is 15.4 Å². The minimum Gasteiger partial charge on any atom is -0.384 e. The number of nitrogens with two attached hydrogens (primary N) is 1. The number of carbonyl (C=O) groups excluding carboxylic acids is 2. The third kappa shape index (κ3) is 3.56. The Kier molecular flexibility index (Phi) is 5.14. The minimum atomic E-state index is -0.234. The normalized spacial score (nSPS) is 17.0. The van der Waals surface area contributed by atoms with Crippen LogP contribution in [0.5, 0.6) is 0 Å². The van der Waals surface area contributed by atoms with Crippen LogP contribution >= 0.6 is 0 Å². The SMILES string of the molecule is COCCC(=O)N1CCC(C(=O)c2cnn(-c3ccccc3)c2N)C1. The molecule has 1 aromatic heterocycles. The van der Waals surface area contributed by atoms with E-state index in [0.717, 1.165) is 5.69 Å². The molecule has 1 unspecified atom stereocenters. The zero-order valence-corrected chi connectivity index (χ0v) is 14.2. The van der Waals surface area contributed by atoms with Crippen molar-refractivity contribution in [2.45, 2.75) is 12.8 Å². The van der Waals surface area contributed by atoms with Gasteiger partial charge in [0.25, 0.3) is 0 Å². The zero-order chi connectivity index (χ0) is 17.8. The zero-order valence-electron chi connectivity index (χ0n) is 14.2. The number of aromatic nitrogens is 2. The van der Waals surface area contributed by atoms with Crippen molar-refractivity contribution in [1.29, 1.82) is 0 Å². The number of anilines is 1. The van der Waals surface area contributed by atoms with Gasteiger partial charge in [-0.15, -0.1) is 0 Å². The minimum absolute atomic E-state index is 0.0186. The number of nitrogens with zero attached hydrogens (tertiary/aromatic N) is 3. The number of hydrogen-bond acceptors (Lipinski definition) is 5. The molecule has 0 spiro atoms. The first-order chi connectivity index (χ1) is 12.1. The van der Waals surface area contributed by atoms with E-state index in [-0.39, 0.29) is 17.6 Å². The lowest BCUT2D eigenvalue weighted by molar-refractivity contribution is -0.131. The van der Waals surface area contributed by atoms with Crippen LogP contribution in [0, 0.1) is 5.92 Å². The molecule has 1 atom stereocenters. The van der Waals surface area contributed by atoms with E-state index in [1.165, 1.54) is 6.20 Å². The van der Waals surface area contributed by atoms with E-state index in [0.29, 0.717) is 43.9 Å². The maximum Gasteiger partial charge on any atom is 0.224 e. The van der Waals surface area contributed by atoms with E-state index in [1.54, 1.807) is 16.7 Å². The van der Waals surface area contributed by atoms with Crippen LogP contribution in [-0.2, 0) is 9.53 Å². The van der Waals surface area contributed by atoms with Crippen LogP contribution in [0.3, 0.4) is 0 Å². The quantitative estimate of drug-likeness (QED) is 0.804. The Bertz CT molecular complexity index is 757. The van der Waals surface area contributed by atoms with Crippen LogP contribution in [0.2, 0.25) is 0 Å². The van der Waals surface area contributed by atoms with Gasteiger partial charge in [-0.3, -0.25) is 9.59 Å². The van der Waals surface area contributed by atoms with E-state index >= 15 is 0 Å². The largest absolute Gasteiger partial charge is 0.384 e. The predicted octanol–water partition coefficient (Wildman–Crippen LogP) is 1.52. The Labute approximate surface area is 146 Å². The second kappa shape index (κ2) is 7.48. The van der Waals surface area contributed by atoms with Gasteiger partial charge in [0.1, 0.15) is 5.82 Å². The molecule has 0 aliphatic carbocycles. The van der Waals surface area contributed by atoms with Crippen molar-refractivity contribution in [2.75, 3.05) is 32.5 Å². The van der Waals surface area contributed by atoms with Crippen molar-refractivity contribution in [3.05, 3.63) is 42.1 Å². The molecule has 2 heterocycles. The van der Waals surface area contributed by atoms with Gasteiger partial charge in [-0.05, 0) is 18.6 Å². The molecule has 1 aromatic carbocycles. The standard InChI is InChI=1S/C18H22N4O3/c1-25-10-8-16(23)21-9-7-13(12-21)17(24)15-11-20-22(18(15)19)14-5-3-2-4-6-14/h2-6,11,13H,7-10,12,19H2,1H3. The van der Waals surface area contributed by atoms with Crippen molar-refractivity contribution in [3.63, 3.8) is 0 Å². The number of hydrogen-bond donors (Lipinski definition) is 1. The van der Waals surface area contributed by atoms with E-state index < -0.39 is 0 Å². The number of ketones is 1. The molecule has 1 fully saturated rings. The summed E-state index contributed by atoms with van der Waals surface area (Å²) >= 11 is 0. The lowest BCUT2D eigenvalue weighted by Crippen LogP contribution is -2.30. The summed E-state index contributed by atoms with van der Waals surface area (Å²) in [5.41, 5.74) is 7.37. The number of amides is 1. The van der Waals surface area contributed by atoms with Crippen LogP contribution in [-0.4, -0.2) is 53.2 Å². The molecule has 1 aliphatic heterocycles. The van der Waals surface area contributed by atoms with Gasteiger partial charge in [0.2, 0.25) is 5.91 Å². The van der Waals surface area contributed by atoms with Gasteiger partial charge in [-0.1, -0.05) is 18.2 Å². The molecule has 3 rings (SSSR count). The van der Waals surface area contributed by atoms with Crippen LogP contribution in [0.15, 0.2) is 36.5 Å². The monoisotopic (exact) mass is 342 g/mol. The molecule has 0 radical (unpaired) electrons. The number of nitrogen functional groups attached to an aromatic ring is 1. The first kappa shape index (κ1) is 17.2. The van der Waals surface area contributed by atoms with Gasteiger partial charge in [0.05, 0.1) is 30.5 Å². The predicted molar refractivity (Wildman–Crippen MR) is 93.5 cm³/mol. The van der Waals surface area contributed by atoms with Gasteiger partial charge in [-0.25, -0.2) is 4.68 Å². The molecule has 0 saturated carbocycles. The number of benzene rings is 1. The smallest absolute Gasteiger partial charge is 0.224 e. The van der Waals surface area contributed by atoms with Gasteiger partial charge in [0, 0.05) is 26.1 Å². The molecule has 7 nitrogen and oxygen atoms in total. The molecular weight excluding hydrogens is 320 g/mol. The number of para-hydroxylation sites is 1. The molecule has 0 bridgehead atoms. The van der Waals surface area contributed by atoms with E-state index in [4.69, 9.17) is 10.5 Å². The summed E-state index contributed by atoms with van der Waals surface area (Å²) in [6.45, 7) is 1.41. The number of methoxy groups -OCH3 is 1. The van der Waals surface area contributed by atoms with Gasteiger partial charge in [0.15, 0.2) is 5.78 Å². The third-order valence-electron chi connectivity index (χ3n) is 4.50. The molecule has 7 heteroatoms. The van der Waals surface area contributed by atoms with Crippen molar-refractivity contribution in [2.24, 2.45) is 5.92 Å². The average molecular weight is 342 g/mol. The molecule has 1 amide bonds. The molecule has 1 saturated heterocycles. The molecular formula is C18H22N4O3. The highest BCUT2D eigenvalue weighted by Gasteiger charge is 2.33. The fraction of sp³-hybridized carbons (Fsp3) is 0.389. The summed E-state index contributed by atoms with van der Waals surface area (Å²) in [5.74, 6) is 0.0643. The number of Topliss-reactive ketones (excluding diaryl/α,β-unsaturated/α-hetero) is 1. The van der Waals surface area contributed by atoms with Crippen LogP contribution < -0.4 is 5.73 Å². The second-order valence-corrected chi connectivity index (χ2v) is 6.12. The van der Waals surface area contributed by atoms with E-state index in [2.05, 4.69) is 5.10 Å². The van der Waals surface area contributed by atoms with Crippen LogP contribution in [0.1, 0.15) is 23.2 Å². The lowest BCUT2D eigenvalue weighted by atomic mass is 9.98. The third-order valence-corrected chi connectivity index (χ3v) is 4.50. The van der Waals surface area contributed by atoms with Crippen molar-refractivity contribution in [1.82, 2.24) is 14.7 Å². The molecule has 132 valence electrons. The Morgan fingerprint density at radius 1 is 1.32 bits per heavy atom. The Hall–Kier alpha value is -2.67. The van der Waals surface area contributed by atoms with E-state index in [1.807, 2.05) is 30.3 Å². The van der Waals surface area contributed by atoms with E-state index in [9.17, 15) is 9.59 Å². The summed E-state index contributed by atoms with van der Waals surface area (Å²) in [7, 11) is 1.57. The summed E-state index contributed by atoms with van der Waals surface area (Å²) in [5, 5.41) is 4.25. The summed E-state index contributed by atoms with van der Waals surface area (Å²) < 4.78 is 6.49. The maximum absolute atomic E-state index is 12.8. The average Bonchev–Trinajstić information content (AvgIpc) is 3.27. The molecule has 2 aromatic rings. The Morgan fingerprint density at radius 2 is 2.08 bits per heavy atom. The highest BCUT2D eigenvalue weighted by atomic mass is 16.5. The van der Waals surface area contributed by atoms with Crippen molar-refractivity contribution in [3.8, 4) is 5.69 Å². The highest BCUT2D eigenvalue weighted by molar-refractivity contribution is 6.02. The molecule has 25 heavy (non-hydrogen) atoms. The molecule has 1 aliphatic rings. The Balaban J connectivity index is 1.70. The summed E-state index contributed by atoms with van der Waals surface area (Å²) in [6, 6.07) is 9.44. The second-order valence-electron chi connectivity index (χ2n) is 6.12. The lowest BCUT2D eigenvalue weighted by Gasteiger charge is -2.16. The first-order valence-corrected chi connectivity index (χ1v) is 8.31. The molecule has 2 N–H and O–H groups in total. The summed E-state index contributed by atoms with van der Waals surface area (Å²) in [6.07, 6.45) is 2.50. The topological polar surface area (TPSA) is 90.5 Å². The van der Waals surface area contributed by atoms with Crippen molar-refractivity contribution >= 4 is 17.5 Å². The number of ether oxygens (including phenoxy) is 1. The number of rotatable bonds is 6. The fourth-order valence-corrected chi connectivity index (χ4v) is 3.09. The highest BCUT2D eigenvalue weighted by Crippen LogP contribution is 2.25. The Morgan fingerprint density at radius 3 is 2.80 bits per heavy atom. The fourth-order valence-electron chi connectivity index (χ4n) is 3.09. The number of likely N-dealkylation sites (tertiary alicyclic amines) is 1. The number of carbonyl (C=O) groups is 2. The first-order valence-electron chi connectivity index (χ1n) is 8.31. The van der Waals surface area contributed by atoms with Crippen molar-refractivity contribution < 1.29 is 14.3 Å².